The molecule has 0 aliphatic carbocycles. The average Bonchev–Trinajstić information content (AvgIpc) is 2.48. The second-order valence-electron chi connectivity index (χ2n) is 4.46. The second kappa shape index (κ2) is 6.73. The van der Waals surface area contributed by atoms with Gasteiger partial charge in [-0.25, -0.2) is 9.59 Å². The fourth-order valence-corrected chi connectivity index (χ4v) is 1.70. The molecule has 0 saturated carbocycles. The number of aromatic carboxylic acids is 1. The predicted octanol–water partition coefficient (Wildman–Crippen LogP) is 2.32. The molecule has 2 aromatic rings. The van der Waals surface area contributed by atoms with Crippen LogP contribution in [0.1, 0.15) is 27.6 Å². The van der Waals surface area contributed by atoms with E-state index in [1.165, 1.54) is 55.5 Å². The van der Waals surface area contributed by atoms with Crippen LogP contribution in [-0.4, -0.2) is 28.4 Å². The van der Waals surface area contributed by atoms with Crippen LogP contribution in [0.2, 0.25) is 0 Å². The minimum absolute atomic E-state index is 0.111. The molecule has 0 aliphatic heterocycles. The predicted molar refractivity (Wildman–Crippen MR) is 77.1 cm³/mol. The van der Waals surface area contributed by atoms with E-state index in [0.29, 0.717) is 11.3 Å². The van der Waals surface area contributed by atoms with E-state index in [1.807, 2.05) is 0 Å². The van der Waals surface area contributed by atoms with E-state index in [1.54, 1.807) is 0 Å². The van der Waals surface area contributed by atoms with Crippen LogP contribution in [0.15, 0.2) is 48.5 Å². The van der Waals surface area contributed by atoms with Crippen LogP contribution in [0.25, 0.3) is 0 Å². The molecular formula is C16H14O6. The number of carboxylic acid groups (broad SMARTS) is 1. The molecule has 6 nitrogen and oxygen atoms in total. The standard InChI is InChI=1S/C16H14O6/c1-10(17)21-13-8-4-12(5-9-13)16(20)22-14-6-2-11(3-7-14)15(18)19/h2-10,17H,1H3,(H,18,19). The maximum Gasteiger partial charge on any atom is 0.343 e. The zero-order valence-corrected chi connectivity index (χ0v) is 11.7. The smallest absolute Gasteiger partial charge is 0.343 e. The van der Waals surface area contributed by atoms with E-state index >= 15 is 0 Å². The van der Waals surface area contributed by atoms with E-state index < -0.39 is 18.2 Å². The van der Waals surface area contributed by atoms with E-state index in [0.717, 1.165) is 0 Å². The summed E-state index contributed by atoms with van der Waals surface area (Å²) in [7, 11) is 0. The van der Waals surface area contributed by atoms with Crippen molar-refractivity contribution in [1.82, 2.24) is 0 Å². The molecule has 0 saturated heterocycles. The lowest BCUT2D eigenvalue weighted by atomic mass is 10.2. The average molecular weight is 302 g/mol. The van der Waals surface area contributed by atoms with Crippen LogP contribution >= 0.6 is 0 Å². The van der Waals surface area contributed by atoms with Crippen molar-refractivity contribution in [3.63, 3.8) is 0 Å². The Hall–Kier alpha value is -2.86. The van der Waals surface area contributed by atoms with Gasteiger partial charge in [-0.1, -0.05) is 0 Å². The van der Waals surface area contributed by atoms with Gasteiger partial charge in [0.05, 0.1) is 11.1 Å². The molecule has 0 aliphatic rings. The van der Waals surface area contributed by atoms with Gasteiger partial charge in [0.25, 0.3) is 0 Å². The molecule has 2 rings (SSSR count). The van der Waals surface area contributed by atoms with Crippen LogP contribution in [-0.2, 0) is 0 Å². The highest BCUT2D eigenvalue weighted by atomic mass is 16.6. The summed E-state index contributed by atoms with van der Waals surface area (Å²) in [6.45, 7) is 1.48. The molecule has 2 N–H and O–H groups in total. The van der Waals surface area contributed by atoms with Gasteiger partial charge in [0.1, 0.15) is 11.5 Å². The first-order chi connectivity index (χ1) is 10.5. The van der Waals surface area contributed by atoms with Crippen LogP contribution in [0.3, 0.4) is 0 Å². The van der Waals surface area contributed by atoms with Crippen LogP contribution in [0.5, 0.6) is 11.5 Å². The summed E-state index contributed by atoms with van der Waals surface area (Å²) in [5, 5.41) is 17.9. The SMILES string of the molecule is CC(O)Oc1ccc(C(=O)Oc2ccc(C(=O)O)cc2)cc1. The second-order valence-corrected chi connectivity index (χ2v) is 4.46. The number of carbonyl (C=O) groups is 2. The van der Waals surface area contributed by atoms with E-state index in [9.17, 15) is 9.59 Å². The Labute approximate surface area is 126 Å². The number of rotatable bonds is 5. The Morgan fingerprint density at radius 3 is 1.91 bits per heavy atom. The van der Waals surface area contributed by atoms with Crippen molar-refractivity contribution < 1.29 is 29.3 Å². The molecule has 0 aromatic heterocycles. The number of carboxylic acids is 1. The van der Waals surface area contributed by atoms with Crippen LogP contribution < -0.4 is 9.47 Å². The quantitative estimate of drug-likeness (QED) is 0.500. The number of hydrogen-bond donors (Lipinski definition) is 2. The third-order valence-corrected chi connectivity index (χ3v) is 2.71. The van der Waals surface area contributed by atoms with Gasteiger partial charge in [-0.05, 0) is 55.5 Å². The van der Waals surface area contributed by atoms with Gasteiger partial charge < -0.3 is 19.7 Å². The van der Waals surface area contributed by atoms with E-state index in [4.69, 9.17) is 19.7 Å². The Morgan fingerprint density at radius 2 is 1.41 bits per heavy atom. The summed E-state index contributed by atoms with van der Waals surface area (Å²) in [5.41, 5.74) is 0.416. The van der Waals surface area contributed by atoms with E-state index in [2.05, 4.69) is 0 Å². The summed E-state index contributed by atoms with van der Waals surface area (Å²) in [4.78, 5) is 22.7. The summed E-state index contributed by atoms with van der Waals surface area (Å²) in [6.07, 6.45) is -0.939. The number of aliphatic hydroxyl groups is 1. The third-order valence-electron chi connectivity index (χ3n) is 2.71. The van der Waals surface area contributed by atoms with Gasteiger partial charge in [-0.3, -0.25) is 0 Å². The van der Waals surface area contributed by atoms with Crippen molar-refractivity contribution in [3.8, 4) is 11.5 Å². The lowest BCUT2D eigenvalue weighted by Gasteiger charge is -2.09. The Kier molecular flexibility index (Phi) is 4.75. The summed E-state index contributed by atoms with van der Waals surface area (Å²) in [5.74, 6) is -0.949. The molecule has 0 amide bonds. The van der Waals surface area contributed by atoms with Crippen molar-refractivity contribution in [2.24, 2.45) is 0 Å². The number of carbonyl (C=O) groups excluding carboxylic acids is 1. The molecule has 114 valence electrons. The zero-order chi connectivity index (χ0) is 16.1. The summed E-state index contributed by atoms with van der Waals surface area (Å²) in [6, 6.07) is 11.6. The molecule has 0 radical (unpaired) electrons. The minimum atomic E-state index is -1.05. The molecule has 1 atom stereocenters. The van der Waals surface area contributed by atoms with Crippen molar-refractivity contribution in [3.05, 3.63) is 59.7 Å². The van der Waals surface area contributed by atoms with Gasteiger partial charge >= 0.3 is 11.9 Å². The zero-order valence-electron chi connectivity index (χ0n) is 11.7. The first-order valence-electron chi connectivity index (χ1n) is 6.46. The van der Waals surface area contributed by atoms with E-state index in [-0.39, 0.29) is 11.3 Å². The number of benzene rings is 2. The number of aliphatic hydroxyl groups excluding tert-OH is 1. The largest absolute Gasteiger partial charge is 0.478 e. The molecule has 0 bridgehead atoms. The van der Waals surface area contributed by atoms with Crippen LogP contribution in [0.4, 0.5) is 0 Å². The van der Waals surface area contributed by atoms with Crippen molar-refractivity contribution >= 4 is 11.9 Å². The molecule has 1 unspecified atom stereocenters. The fraction of sp³-hybridized carbons (Fsp3) is 0.125. The molecule has 6 heteroatoms. The molecule has 0 fully saturated rings. The normalized spacial score (nSPS) is 11.5. The summed E-state index contributed by atoms with van der Waals surface area (Å²) < 4.78 is 10.2. The lowest BCUT2D eigenvalue weighted by molar-refractivity contribution is -0.000301. The Balaban J connectivity index is 2.03. The van der Waals surface area contributed by atoms with Crippen LogP contribution in [0, 0.1) is 0 Å². The van der Waals surface area contributed by atoms with Gasteiger partial charge in [0.15, 0.2) is 6.29 Å². The maximum atomic E-state index is 11.9. The Bertz CT molecular complexity index is 658. The molecule has 2 aromatic carbocycles. The number of hydrogen-bond acceptors (Lipinski definition) is 5. The van der Waals surface area contributed by atoms with Gasteiger partial charge in [0, 0.05) is 0 Å². The summed E-state index contributed by atoms with van der Waals surface area (Å²) >= 11 is 0. The highest BCUT2D eigenvalue weighted by Gasteiger charge is 2.10. The molecular weight excluding hydrogens is 288 g/mol. The molecule has 0 heterocycles. The third kappa shape index (κ3) is 4.07. The van der Waals surface area contributed by atoms with Crippen molar-refractivity contribution in [2.75, 3.05) is 0 Å². The molecule has 22 heavy (non-hydrogen) atoms. The van der Waals surface area contributed by atoms with Gasteiger partial charge in [0.2, 0.25) is 0 Å². The molecule has 0 spiro atoms. The fourth-order valence-electron chi connectivity index (χ4n) is 1.70. The first-order valence-corrected chi connectivity index (χ1v) is 6.46. The minimum Gasteiger partial charge on any atom is -0.478 e. The number of esters is 1. The van der Waals surface area contributed by atoms with Gasteiger partial charge in [-0.2, -0.15) is 0 Å². The van der Waals surface area contributed by atoms with Gasteiger partial charge in [-0.15, -0.1) is 0 Å². The Morgan fingerprint density at radius 1 is 0.909 bits per heavy atom. The maximum absolute atomic E-state index is 11.9. The first kappa shape index (κ1) is 15.5. The topological polar surface area (TPSA) is 93.1 Å². The highest BCUT2D eigenvalue weighted by molar-refractivity contribution is 5.91. The van der Waals surface area contributed by atoms with Crippen molar-refractivity contribution in [2.45, 2.75) is 13.2 Å². The monoisotopic (exact) mass is 302 g/mol. The number of ether oxygens (including phenoxy) is 2. The highest BCUT2D eigenvalue weighted by Crippen LogP contribution is 2.17. The lowest BCUT2D eigenvalue weighted by Crippen LogP contribution is -2.11. The van der Waals surface area contributed by atoms with Crippen molar-refractivity contribution in [1.29, 1.82) is 0 Å².